The summed E-state index contributed by atoms with van der Waals surface area (Å²) in [5, 5.41) is 11.3. The first-order chi connectivity index (χ1) is 15.9. The van der Waals surface area contributed by atoms with Gasteiger partial charge in [0.25, 0.3) is 10.1 Å². The van der Waals surface area contributed by atoms with Crippen molar-refractivity contribution in [2.45, 2.75) is 4.90 Å². The molecule has 7 nitrogen and oxygen atoms in total. The molecule has 0 saturated heterocycles. The molecular formula is C25H18N4O3S. The molecule has 0 aliphatic heterocycles. The number of fused-ring (bicyclic) bond motifs is 2. The fourth-order valence-corrected chi connectivity index (χ4v) is 4.53. The van der Waals surface area contributed by atoms with E-state index >= 15 is 0 Å². The molecule has 33 heavy (non-hydrogen) atoms. The molecule has 3 N–H and O–H groups in total. The summed E-state index contributed by atoms with van der Waals surface area (Å²) >= 11 is 0. The standard InChI is InChI=1S/C25H18N4O3S/c26-25-21-8-4-3-7-20(21)24(33(30,31)32)13-23(25)29-28-18-11-9-16(10-12-18)22-15-27-14-17-5-1-2-6-19(17)22/h1-15H,26H2,(H,30,31,32)/b29-28+. The van der Waals surface area contributed by atoms with Gasteiger partial charge in [-0.1, -0.05) is 60.7 Å². The third-order valence-corrected chi connectivity index (χ3v) is 6.32. The van der Waals surface area contributed by atoms with E-state index in [1.165, 1.54) is 6.07 Å². The van der Waals surface area contributed by atoms with Gasteiger partial charge in [-0.05, 0) is 29.1 Å². The molecule has 0 atom stereocenters. The zero-order valence-electron chi connectivity index (χ0n) is 17.3. The Kier molecular flexibility index (Phi) is 5.08. The van der Waals surface area contributed by atoms with E-state index in [0.29, 0.717) is 16.5 Å². The van der Waals surface area contributed by atoms with Crippen LogP contribution in [0.3, 0.4) is 0 Å². The van der Waals surface area contributed by atoms with Crippen LogP contribution in [0.1, 0.15) is 0 Å². The van der Waals surface area contributed by atoms with Crippen LogP contribution in [0.4, 0.5) is 17.1 Å². The van der Waals surface area contributed by atoms with Gasteiger partial charge < -0.3 is 5.73 Å². The first-order valence-electron chi connectivity index (χ1n) is 10.1. The Morgan fingerprint density at radius 2 is 1.45 bits per heavy atom. The molecule has 8 heteroatoms. The predicted octanol–water partition coefficient (Wildman–Crippen LogP) is 6.30. The van der Waals surface area contributed by atoms with E-state index in [1.807, 2.05) is 54.9 Å². The van der Waals surface area contributed by atoms with E-state index in [2.05, 4.69) is 21.3 Å². The number of benzene rings is 4. The van der Waals surface area contributed by atoms with E-state index in [-0.39, 0.29) is 16.3 Å². The Morgan fingerprint density at radius 3 is 2.18 bits per heavy atom. The molecule has 162 valence electrons. The second-order valence-corrected chi connectivity index (χ2v) is 8.87. The number of hydrogen-bond acceptors (Lipinski definition) is 6. The van der Waals surface area contributed by atoms with Gasteiger partial charge in [-0.2, -0.15) is 13.5 Å². The number of rotatable bonds is 4. The van der Waals surface area contributed by atoms with Crippen molar-refractivity contribution in [3.63, 3.8) is 0 Å². The minimum Gasteiger partial charge on any atom is -0.396 e. The maximum Gasteiger partial charge on any atom is 0.295 e. The second kappa shape index (κ2) is 8.09. The molecule has 0 aliphatic rings. The lowest BCUT2D eigenvalue weighted by atomic mass is 10.0. The summed E-state index contributed by atoms with van der Waals surface area (Å²) in [4.78, 5) is 4.06. The third-order valence-electron chi connectivity index (χ3n) is 5.42. The maximum atomic E-state index is 11.9. The summed E-state index contributed by atoms with van der Waals surface area (Å²) in [6.07, 6.45) is 3.65. The molecule has 0 saturated carbocycles. The smallest absolute Gasteiger partial charge is 0.295 e. The Bertz CT molecular complexity index is 1640. The van der Waals surface area contributed by atoms with Crippen molar-refractivity contribution in [1.29, 1.82) is 0 Å². The molecule has 0 radical (unpaired) electrons. The van der Waals surface area contributed by atoms with Gasteiger partial charge in [0, 0.05) is 34.1 Å². The van der Waals surface area contributed by atoms with Crippen LogP contribution in [0.25, 0.3) is 32.7 Å². The number of nitrogens with zero attached hydrogens (tertiary/aromatic N) is 3. The van der Waals surface area contributed by atoms with Crippen LogP contribution < -0.4 is 5.73 Å². The first-order valence-corrected chi connectivity index (χ1v) is 11.5. The summed E-state index contributed by atoms with van der Waals surface area (Å²) < 4.78 is 33.4. The van der Waals surface area contributed by atoms with Gasteiger partial charge in [-0.25, -0.2) is 0 Å². The van der Waals surface area contributed by atoms with E-state index in [0.717, 1.165) is 21.9 Å². The second-order valence-electron chi connectivity index (χ2n) is 7.48. The lowest BCUT2D eigenvalue weighted by Crippen LogP contribution is -2.01. The van der Waals surface area contributed by atoms with Crippen molar-refractivity contribution in [1.82, 2.24) is 4.98 Å². The van der Waals surface area contributed by atoms with Gasteiger partial charge in [0.15, 0.2) is 0 Å². The molecule has 0 amide bonds. The number of azo groups is 1. The normalized spacial score (nSPS) is 12.0. The lowest BCUT2D eigenvalue weighted by molar-refractivity contribution is 0.484. The van der Waals surface area contributed by atoms with Gasteiger partial charge >= 0.3 is 0 Å². The summed E-state index contributed by atoms with van der Waals surface area (Å²) in [5.74, 6) is 0. The molecule has 1 aromatic heterocycles. The first kappa shape index (κ1) is 20.7. The zero-order chi connectivity index (χ0) is 23.0. The lowest BCUT2D eigenvalue weighted by Gasteiger charge is -2.09. The zero-order valence-corrected chi connectivity index (χ0v) is 18.1. The van der Waals surface area contributed by atoms with Crippen LogP contribution >= 0.6 is 0 Å². The van der Waals surface area contributed by atoms with Crippen LogP contribution in [0.2, 0.25) is 0 Å². The van der Waals surface area contributed by atoms with Crippen LogP contribution in [0.5, 0.6) is 0 Å². The SMILES string of the molecule is Nc1c(/N=N/c2ccc(-c3cncc4ccccc34)cc2)cc(S(=O)(=O)O)c2ccccc12. The largest absolute Gasteiger partial charge is 0.396 e. The van der Waals surface area contributed by atoms with E-state index in [9.17, 15) is 13.0 Å². The molecule has 5 aromatic rings. The molecule has 5 rings (SSSR count). The van der Waals surface area contributed by atoms with Gasteiger partial charge in [0.2, 0.25) is 0 Å². The average Bonchev–Trinajstić information content (AvgIpc) is 2.83. The highest BCUT2D eigenvalue weighted by Crippen LogP contribution is 2.37. The summed E-state index contributed by atoms with van der Waals surface area (Å²) in [5.41, 5.74) is 9.20. The van der Waals surface area contributed by atoms with Crippen LogP contribution in [-0.4, -0.2) is 18.0 Å². The van der Waals surface area contributed by atoms with Gasteiger partial charge in [0.05, 0.1) is 11.4 Å². The van der Waals surface area contributed by atoms with Crippen molar-refractivity contribution in [2.75, 3.05) is 5.73 Å². The van der Waals surface area contributed by atoms with Crippen molar-refractivity contribution in [3.05, 3.63) is 91.3 Å². The minimum atomic E-state index is -4.47. The van der Waals surface area contributed by atoms with Gasteiger partial charge in [-0.15, -0.1) is 5.11 Å². The molecular weight excluding hydrogens is 436 g/mol. The molecule has 0 unspecified atom stereocenters. The van der Waals surface area contributed by atoms with Crippen LogP contribution in [-0.2, 0) is 10.1 Å². The summed E-state index contributed by atoms with van der Waals surface area (Å²) in [6, 6.07) is 23.4. The molecule has 0 bridgehead atoms. The third kappa shape index (κ3) is 3.93. The Hall–Kier alpha value is -4.14. The Morgan fingerprint density at radius 1 is 0.788 bits per heavy atom. The van der Waals surface area contributed by atoms with E-state index < -0.39 is 10.1 Å². The number of hydrogen-bond donors (Lipinski definition) is 2. The van der Waals surface area contributed by atoms with Crippen molar-refractivity contribution < 1.29 is 13.0 Å². The topological polar surface area (TPSA) is 118 Å². The Balaban J connectivity index is 1.52. The van der Waals surface area contributed by atoms with Crippen molar-refractivity contribution in [2.24, 2.45) is 10.2 Å². The van der Waals surface area contributed by atoms with E-state index in [1.54, 1.807) is 24.3 Å². The van der Waals surface area contributed by atoms with E-state index in [4.69, 9.17) is 5.73 Å². The van der Waals surface area contributed by atoms with Crippen LogP contribution in [0.15, 0.2) is 106 Å². The number of pyridine rings is 1. The highest BCUT2D eigenvalue weighted by Gasteiger charge is 2.18. The molecule has 1 heterocycles. The molecule has 4 aromatic carbocycles. The fraction of sp³-hybridized carbons (Fsp3) is 0. The Labute approximate surface area is 190 Å². The monoisotopic (exact) mass is 454 g/mol. The highest BCUT2D eigenvalue weighted by atomic mass is 32.2. The number of nitrogens with two attached hydrogens (primary N) is 1. The minimum absolute atomic E-state index is 0.156. The number of anilines is 1. The highest BCUT2D eigenvalue weighted by molar-refractivity contribution is 7.86. The van der Waals surface area contributed by atoms with Gasteiger partial charge in [-0.3, -0.25) is 9.54 Å². The molecule has 0 aliphatic carbocycles. The summed E-state index contributed by atoms with van der Waals surface area (Å²) in [7, 11) is -4.47. The number of nitrogen functional groups attached to an aromatic ring is 1. The van der Waals surface area contributed by atoms with Crippen molar-refractivity contribution in [3.8, 4) is 11.1 Å². The van der Waals surface area contributed by atoms with Crippen LogP contribution in [0, 0.1) is 0 Å². The average molecular weight is 455 g/mol. The summed E-state index contributed by atoms with van der Waals surface area (Å²) in [6.45, 7) is 0. The quantitative estimate of drug-likeness (QED) is 0.188. The van der Waals surface area contributed by atoms with Crippen molar-refractivity contribution >= 4 is 48.7 Å². The number of aromatic nitrogens is 1. The maximum absolute atomic E-state index is 11.9. The fourth-order valence-electron chi connectivity index (χ4n) is 3.81. The van der Waals surface area contributed by atoms with Gasteiger partial charge in [0.1, 0.15) is 10.6 Å². The molecule has 0 fully saturated rings. The predicted molar refractivity (Wildman–Crippen MR) is 130 cm³/mol. The molecule has 0 spiro atoms.